The summed E-state index contributed by atoms with van der Waals surface area (Å²) in [7, 11) is 0. The summed E-state index contributed by atoms with van der Waals surface area (Å²) in [5.74, 6) is -0.0846. The fraction of sp³-hybridized carbons (Fsp3) is 0. The number of nitrogens with one attached hydrogen (secondary N) is 3. The van der Waals surface area contributed by atoms with Gasteiger partial charge in [0.15, 0.2) is 5.76 Å². The third-order valence-corrected chi connectivity index (χ3v) is 3.98. The maximum atomic E-state index is 12.6. The van der Waals surface area contributed by atoms with Crippen LogP contribution in [-0.4, -0.2) is 27.0 Å². The lowest BCUT2D eigenvalue weighted by atomic mass is 10.1. The van der Waals surface area contributed by atoms with E-state index >= 15 is 0 Å². The molecule has 0 saturated carbocycles. The van der Waals surface area contributed by atoms with Crippen LogP contribution in [0.1, 0.15) is 20.7 Å². The Kier molecular flexibility index (Phi) is 4.67. The van der Waals surface area contributed by atoms with Crippen molar-refractivity contribution in [3.63, 3.8) is 0 Å². The van der Waals surface area contributed by atoms with Gasteiger partial charge < -0.3 is 15.1 Å². The van der Waals surface area contributed by atoms with Crippen LogP contribution in [0.25, 0.3) is 11.5 Å². The van der Waals surface area contributed by atoms with Crippen LogP contribution in [0.4, 0.5) is 11.4 Å². The zero-order chi connectivity index (χ0) is 19.3. The predicted octanol–water partition coefficient (Wildman–Crippen LogP) is 3.57. The molecule has 0 aliphatic carbocycles. The van der Waals surface area contributed by atoms with E-state index < -0.39 is 0 Å². The molecule has 3 heterocycles. The minimum Gasteiger partial charge on any atom is -0.463 e. The van der Waals surface area contributed by atoms with Crippen molar-refractivity contribution in [2.75, 3.05) is 10.6 Å². The largest absolute Gasteiger partial charge is 0.463 e. The number of carbonyl (C=O) groups excluding carboxylic acids is 2. The average molecular weight is 373 g/mol. The molecule has 0 bridgehead atoms. The van der Waals surface area contributed by atoms with Gasteiger partial charge >= 0.3 is 0 Å². The van der Waals surface area contributed by atoms with Gasteiger partial charge in [0.25, 0.3) is 11.8 Å². The third-order valence-electron chi connectivity index (χ3n) is 3.98. The van der Waals surface area contributed by atoms with Crippen LogP contribution in [-0.2, 0) is 0 Å². The first kappa shape index (κ1) is 17.2. The molecule has 0 atom stereocenters. The predicted molar refractivity (Wildman–Crippen MR) is 103 cm³/mol. The second-order valence-electron chi connectivity index (χ2n) is 5.86. The summed E-state index contributed by atoms with van der Waals surface area (Å²) in [5, 5.41) is 12.2. The van der Waals surface area contributed by atoms with Crippen LogP contribution < -0.4 is 10.6 Å². The molecule has 1 aromatic carbocycles. The molecular formula is C20H15N5O3. The molecule has 0 aliphatic rings. The van der Waals surface area contributed by atoms with E-state index in [4.69, 9.17) is 4.42 Å². The highest BCUT2D eigenvalue weighted by atomic mass is 16.3. The number of aromatic amines is 1. The van der Waals surface area contributed by atoms with Crippen LogP contribution >= 0.6 is 0 Å². The van der Waals surface area contributed by atoms with E-state index in [1.54, 1.807) is 60.9 Å². The molecule has 8 heteroatoms. The Labute approximate surface area is 159 Å². The lowest BCUT2D eigenvalue weighted by molar-refractivity contribution is 0.102. The van der Waals surface area contributed by atoms with Gasteiger partial charge in [-0.15, -0.1) is 0 Å². The molecule has 138 valence electrons. The van der Waals surface area contributed by atoms with E-state index in [1.807, 2.05) is 0 Å². The molecule has 8 nitrogen and oxygen atoms in total. The van der Waals surface area contributed by atoms with Crippen molar-refractivity contribution < 1.29 is 14.0 Å². The Morgan fingerprint density at radius 2 is 1.71 bits per heavy atom. The Morgan fingerprint density at radius 1 is 0.893 bits per heavy atom. The van der Waals surface area contributed by atoms with E-state index in [2.05, 4.69) is 25.8 Å². The molecule has 0 fully saturated rings. The molecule has 0 unspecified atom stereocenters. The minimum atomic E-state index is -0.340. The summed E-state index contributed by atoms with van der Waals surface area (Å²) in [6.07, 6.45) is 6.15. The van der Waals surface area contributed by atoms with Crippen LogP contribution in [0.2, 0.25) is 0 Å². The standard InChI is InChI=1S/C20H15N5O3/c26-19(24-15-3-1-9-21-11-15)13-5-7-14(8-6-13)23-20(27)16-12-22-25-18(16)17-4-2-10-28-17/h1-12H,(H,22,25)(H,23,27)(H,24,26). The van der Waals surface area contributed by atoms with Crippen LogP contribution in [0.3, 0.4) is 0 Å². The summed E-state index contributed by atoms with van der Waals surface area (Å²) in [4.78, 5) is 28.8. The highest BCUT2D eigenvalue weighted by molar-refractivity contribution is 6.08. The first-order valence-corrected chi connectivity index (χ1v) is 8.41. The van der Waals surface area contributed by atoms with E-state index in [1.165, 1.54) is 12.5 Å². The lowest BCUT2D eigenvalue weighted by Gasteiger charge is -2.07. The van der Waals surface area contributed by atoms with E-state index in [9.17, 15) is 9.59 Å². The molecule has 0 spiro atoms. The van der Waals surface area contributed by atoms with Crippen LogP contribution in [0.5, 0.6) is 0 Å². The zero-order valence-electron chi connectivity index (χ0n) is 14.5. The molecule has 0 saturated heterocycles. The Bertz CT molecular complexity index is 1090. The van der Waals surface area contributed by atoms with Gasteiger partial charge in [0.05, 0.1) is 29.9 Å². The number of H-pyrrole nitrogens is 1. The van der Waals surface area contributed by atoms with Gasteiger partial charge in [-0.25, -0.2) is 0 Å². The van der Waals surface area contributed by atoms with Crippen molar-refractivity contribution in [3.05, 3.63) is 84.5 Å². The summed E-state index contributed by atoms with van der Waals surface area (Å²) < 4.78 is 5.31. The van der Waals surface area contributed by atoms with Gasteiger partial charge in [-0.1, -0.05) is 0 Å². The number of pyridine rings is 1. The summed E-state index contributed by atoms with van der Waals surface area (Å²) in [6.45, 7) is 0. The van der Waals surface area contributed by atoms with Gasteiger partial charge in [0, 0.05) is 17.4 Å². The molecule has 3 aromatic heterocycles. The Morgan fingerprint density at radius 3 is 2.43 bits per heavy atom. The average Bonchev–Trinajstić information content (AvgIpc) is 3.41. The zero-order valence-corrected chi connectivity index (χ0v) is 14.5. The van der Waals surface area contributed by atoms with E-state index in [-0.39, 0.29) is 11.8 Å². The smallest absolute Gasteiger partial charge is 0.259 e. The van der Waals surface area contributed by atoms with Crippen molar-refractivity contribution in [1.82, 2.24) is 15.2 Å². The number of benzene rings is 1. The minimum absolute atomic E-state index is 0.263. The van der Waals surface area contributed by atoms with Crippen molar-refractivity contribution in [2.24, 2.45) is 0 Å². The number of hydrogen-bond donors (Lipinski definition) is 3. The van der Waals surface area contributed by atoms with Gasteiger partial charge in [-0.05, 0) is 48.5 Å². The van der Waals surface area contributed by atoms with Gasteiger partial charge in [0.2, 0.25) is 0 Å². The highest BCUT2D eigenvalue weighted by Gasteiger charge is 2.17. The van der Waals surface area contributed by atoms with Crippen LogP contribution in [0.15, 0.2) is 77.8 Å². The normalized spacial score (nSPS) is 10.4. The topological polar surface area (TPSA) is 113 Å². The van der Waals surface area contributed by atoms with Crippen LogP contribution in [0, 0.1) is 0 Å². The number of aromatic nitrogens is 3. The first-order valence-electron chi connectivity index (χ1n) is 8.41. The maximum absolute atomic E-state index is 12.6. The van der Waals surface area contributed by atoms with Crippen molar-refractivity contribution in [3.8, 4) is 11.5 Å². The van der Waals surface area contributed by atoms with Gasteiger partial charge in [-0.2, -0.15) is 5.10 Å². The summed E-state index contributed by atoms with van der Waals surface area (Å²) in [6, 6.07) is 13.5. The molecule has 3 N–H and O–H groups in total. The molecule has 28 heavy (non-hydrogen) atoms. The fourth-order valence-electron chi connectivity index (χ4n) is 2.61. The Balaban J connectivity index is 1.44. The monoisotopic (exact) mass is 373 g/mol. The van der Waals surface area contributed by atoms with Gasteiger partial charge in [-0.3, -0.25) is 19.7 Å². The third kappa shape index (κ3) is 3.65. The second kappa shape index (κ2) is 7.58. The first-order chi connectivity index (χ1) is 13.7. The van der Waals surface area contributed by atoms with E-state index in [0.717, 1.165) is 0 Å². The molecule has 2 amide bonds. The summed E-state index contributed by atoms with van der Waals surface area (Å²) in [5.41, 5.74) is 2.47. The number of amides is 2. The van der Waals surface area contributed by atoms with Gasteiger partial charge in [0.1, 0.15) is 5.69 Å². The summed E-state index contributed by atoms with van der Waals surface area (Å²) >= 11 is 0. The van der Waals surface area contributed by atoms with Crippen molar-refractivity contribution in [1.29, 1.82) is 0 Å². The molecule has 4 rings (SSSR count). The molecule has 4 aromatic rings. The lowest BCUT2D eigenvalue weighted by Crippen LogP contribution is -2.14. The van der Waals surface area contributed by atoms with Crippen molar-refractivity contribution >= 4 is 23.2 Å². The molecule has 0 aliphatic heterocycles. The Hall–Kier alpha value is -4.20. The highest BCUT2D eigenvalue weighted by Crippen LogP contribution is 2.22. The quantitative estimate of drug-likeness (QED) is 0.495. The number of anilines is 2. The SMILES string of the molecule is O=C(Nc1cccnc1)c1ccc(NC(=O)c2cn[nH]c2-c2ccco2)cc1. The number of furan rings is 1. The fourth-order valence-corrected chi connectivity index (χ4v) is 2.61. The second-order valence-corrected chi connectivity index (χ2v) is 5.86. The van der Waals surface area contributed by atoms with E-state index in [0.29, 0.717) is 34.0 Å². The number of nitrogens with zero attached hydrogens (tertiary/aromatic N) is 2. The number of hydrogen-bond acceptors (Lipinski definition) is 5. The number of rotatable bonds is 5. The van der Waals surface area contributed by atoms with Crippen molar-refractivity contribution in [2.45, 2.75) is 0 Å². The molecular weight excluding hydrogens is 358 g/mol. The molecule has 0 radical (unpaired) electrons. The number of carbonyl (C=O) groups is 2. The maximum Gasteiger partial charge on any atom is 0.259 e.